The van der Waals surface area contributed by atoms with E-state index >= 15 is 0 Å². The molecule has 0 aromatic heterocycles. The van der Waals surface area contributed by atoms with Gasteiger partial charge in [0, 0.05) is 42.9 Å². The van der Waals surface area contributed by atoms with Crippen molar-refractivity contribution in [3.05, 3.63) is 30.3 Å². The maximum absolute atomic E-state index is 13.9. The van der Waals surface area contributed by atoms with Gasteiger partial charge in [0.15, 0.2) is 0 Å². The molecule has 1 aromatic carbocycles. The second-order valence-electron chi connectivity index (χ2n) is 11.5. The lowest BCUT2D eigenvalue weighted by molar-refractivity contribution is -0.141. The van der Waals surface area contributed by atoms with Crippen molar-refractivity contribution in [1.29, 1.82) is 0 Å². The molecule has 3 saturated heterocycles. The SMILES string of the molecule is CCC[C@@H]1CCC[C@@H](N2[C@@H]3CCC[C@H]2C[C@@H](N(C(=O)N2CC[C@@H](C(=O)O)C2)c2ccccc2)C3)C1. The van der Waals surface area contributed by atoms with Gasteiger partial charge in [0.05, 0.1) is 5.92 Å². The number of hydrogen-bond acceptors (Lipinski definition) is 3. The molecule has 1 saturated carbocycles. The fourth-order valence-electron chi connectivity index (χ4n) is 7.75. The summed E-state index contributed by atoms with van der Waals surface area (Å²) in [5.41, 5.74) is 0.952. The summed E-state index contributed by atoms with van der Waals surface area (Å²) in [4.78, 5) is 32.1. The van der Waals surface area contributed by atoms with Crippen LogP contribution in [-0.4, -0.2) is 64.2 Å². The molecule has 6 nitrogen and oxygen atoms in total. The van der Waals surface area contributed by atoms with Gasteiger partial charge < -0.3 is 10.0 Å². The van der Waals surface area contributed by atoms with E-state index in [9.17, 15) is 14.7 Å². The van der Waals surface area contributed by atoms with Crippen LogP contribution in [-0.2, 0) is 4.79 Å². The summed E-state index contributed by atoms with van der Waals surface area (Å²) in [6.07, 6.45) is 14.5. The predicted molar refractivity (Wildman–Crippen MR) is 139 cm³/mol. The number of urea groups is 1. The Hall–Kier alpha value is -2.08. The molecule has 6 heteroatoms. The Morgan fingerprint density at radius 2 is 1.60 bits per heavy atom. The highest BCUT2D eigenvalue weighted by Crippen LogP contribution is 2.43. The van der Waals surface area contributed by atoms with E-state index in [1.807, 2.05) is 35.2 Å². The smallest absolute Gasteiger partial charge is 0.324 e. The molecule has 1 aromatic rings. The molecule has 0 spiro atoms. The summed E-state index contributed by atoms with van der Waals surface area (Å²) in [7, 11) is 0. The van der Waals surface area contributed by atoms with Crippen molar-refractivity contribution in [2.45, 2.75) is 108 Å². The quantitative estimate of drug-likeness (QED) is 0.561. The molecule has 1 aliphatic carbocycles. The molecular formula is C29H43N3O3. The Kier molecular flexibility index (Phi) is 7.66. The maximum Gasteiger partial charge on any atom is 0.324 e. The van der Waals surface area contributed by atoms with Crippen LogP contribution in [0.2, 0.25) is 0 Å². The first-order chi connectivity index (χ1) is 17.0. The molecule has 35 heavy (non-hydrogen) atoms. The molecular weight excluding hydrogens is 438 g/mol. The van der Waals surface area contributed by atoms with E-state index in [1.165, 1.54) is 57.8 Å². The van der Waals surface area contributed by atoms with Crippen molar-refractivity contribution in [3.63, 3.8) is 0 Å². The van der Waals surface area contributed by atoms with E-state index in [2.05, 4.69) is 11.8 Å². The molecule has 3 heterocycles. The van der Waals surface area contributed by atoms with Crippen LogP contribution >= 0.6 is 0 Å². The van der Waals surface area contributed by atoms with E-state index in [0.717, 1.165) is 24.4 Å². The van der Waals surface area contributed by atoms with Crippen molar-refractivity contribution in [2.75, 3.05) is 18.0 Å². The number of likely N-dealkylation sites (tertiary alicyclic amines) is 1. The second-order valence-corrected chi connectivity index (χ2v) is 11.5. The van der Waals surface area contributed by atoms with Gasteiger partial charge in [0.25, 0.3) is 0 Å². The minimum atomic E-state index is -0.789. The number of para-hydroxylation sites is 1. The van der Waals surface area contributed by atoms with E-state index < -0.39 is 11.9 Å². The average molecular weight is 482 g/mol. The predicted octanol–water partition coefficient (Wildman–Crippen LogP) is 5.76. The van der Waals surface area contributed by atoms with Gasteiger partial charge in [-0.05, 0) is 63.0 Å². The van der Waals surface area contributed by atoms with E-state index in [4.69, 9.17) is 0 Å². The fraction of sp³-hybridized carbons (Fsp3) is 0.724. The number of carbonyl (C=O) groups excluding carboxylic acids is 1. The highest BCUT2D eigenvalue weighted by atomic mass is 16.4. The third-order valence-electron chi connectivity index (χ3n) is 9.29. The maximum atomic E-state index is 13.9. The lowest BCUT2D eigenvalue weighted by atomic mass is 9.75. The normalized spacial score (nSPS) is 33.5. The number of carboxylic acids is 1. The van der Waals surface area contributed by atoms with Crippen molar-refractivity contribution >= 4 is 17.7 Å². The summed E-state index contributed by atoms with van der Waals surface area (Å²) >= 11 is 0. The number of piperidine rings is 2. The van der Waals surface area contributed by atoms with E-state index in [0.29, 0.717) is 37.6 Å². The van der Waals surface area contributed by atoms with Crippen LogP contribution in [0, 0.1) is 11.8 Å². The second kappa shape index (κ2) is 10.9. The van der Waals surface area contributed by atoms with Crippen molar-refractivity contribution in [2.24, 2.45) is 11.8 Å². The molecule has 1 N–H and O–H groups in total. The third kappa shape index (κ3) is 5.23. The lowest BCUT2D eigenvalue weighted by Gasteiger charge is -2.55. The lowest BCUT2D eigenvalue weighted by Crippen LogP contribution is -2.62. The molecule has 0 radical (unpaired) electrons. The van der Waals surface area contributed by atoms with Crippen LogP contribution in [0.3, 0.4) is 0 Å². The molecule has 4 aliphatic rings. The van der Waals surface area contributed by atoms with Crippen LogP contribution in [0.5, 0.6) is 0 Å². The van der Waals surface area contributed by atoms with Gasteiger partial charge in [0.1, 0.15) is 0 Å². The van der Waals surface area contributed by atoms with E-state index in [1.54, 1.807) is 4.90 Å². The first-order valence-electron chi connectivity index (χ1n) is 14.2. The number of amides is 2. The largest absolute Gasteiger partial charge is 0.481 e. The summed E-state index contributed by atoms with van der Waals surface area (Å²) in [6, 6.07) is 12.1. The standard InChI is InChI=1S/C29H43N3O3/c1-2-8-21-9-6-12-24(17-21)31-25-13-7-14-26(31)19-27(18-25)32(23-10-4-3-5-11-23)29(35)30-16-15-22(20-30)28(33)34/h3-5,10-11,21-22,24-27H,2,6-9,12-20H2,1H3,(H,33,34)/t21-,22-,24-,25-,26+,27+/m1/s1. The zero-order valence-corrected chi connectivity index (χ0v) is 21.4. The van der Waals surface area contributed by atoms with Crippen molar-refractivity contribution < 1.29 is 14.7 Å². The topological polar surface area (TPSA) is 64.1 Å². The number of benzene rings is 1. The highest BCUT2D eigenvalue weighted by molar-refractivity contribution is 5.93. The van der Waals surface area contributed by atoms with Crippen LogP contribution in [0.1, 0.15) is 84.0 Å². The average Bonchev–Trinajstić information content (AvgIpc) is 3.36. The number of anilines is 1. The number of nitrogens with zero attached hydrogens (tertiary/aromatic N) is 3. The van der Waals surface area contributed by atoms with Crippen LogP contribution in [0.25, 0.3) is 0 Å². The van der Waals surface area contributed by atoms with Gasteiger partial charge >= 0.3 is 12.0 Å². The van der Waals surface area contributed by atoms with Gasteiger partial charge in [0.2, 0.25) is 0 Å². The van der Waals surface area contributed by atoms with Gasteiger partial charge in [-0.3, -0.25) is 14.6 Å². The van der Waals surface area contributed by atoms with Gasteiger partial charge in [-0.1, -0.05) is 57.2 Å². The Morgan fingerprint density at radius 3 is 2.23 bits per heavy atom. The van der Waals surface area contributed by atoms with Crippen LogP contribution in [0.4, 0.5) is 10.5 Å². The number of aliphatic carboxylic acids is 1. The number of rotatable bonds is 6. The number of carbonyl (C=O) groups is 2. The van der Waals surface area contributed by atoms with E-state index in [-0.39, 0.29) is 12.1 Å². The molecule has 5 rings (SSSR count). The van der Waals surface area contributed by atoms with Crippen molar-refractivity contribution in [1.82, 2.24) is 9.80 Å². The highest BCUT2D eigenvalue weighted by Gasteiger charge is 2.46. The Morgan fingerprint density at radius 1 is 0.943 bits per heavy atom. The summed E-state index contributed by atoms with van der Waals surface area (Å²) < 4.78 is 0. The number of fused-ring (bicyclic) bond motifs is 2. The zero-order chi connectivity index (χ0) is 24.4. The van der Waals surface area contributed by atoms with Crippen LogP contribution in [0.15, 0.2) is 30.3 Å². The van der Waals surface area contributed by atoms with Crippen molar-refractivity contribution in [3.8, 4) is 0 Å². The Labute approximate surface area is 210 Å². The summed E-state index contributed by atoms with van der Waals surface area (Å²) in [5, 5.41) is 9.47. The zero-order valence-electron chi connectivity index (χ0n) is 21.4. The van der Waals surface area contributed by atoms with Gasteiger partial charge in [-0.25, -0.2) is 4.79 Å². The van der Waals surface area contributed by atoms with Gasteiger partial charge in [-0.15, -0.1) is 0 Å². The Balaban J connectivity index is 1.35. The minimum absolute atomic E-state index is 0.00264. The molecule has 3 aliphatic heterocycles. The number of hydrogen-bond donors (Lipinski definition) is 1. The van der Waals surface area contributed by atoms with Gasteiger partial charge in [-0.2, -0.15) is 0 Å². The summed E-state index contributed by atoms with van der Waals surface area (Å²) in [5.74, 6) is -0.347. The Bertz CT molecular complexity index is 861. The molecule has 4 fully saturated rings. The third-order valence-corrected chi connectivity index (χ3v) is 9.29. The summed E-state index contributed by atoms with van der Waals surface area (Å²) in [6.45, 7) is 3.17. The fourth-order valence-corrected chi connectivity index (χ4v) is 7.75. The number of carboxylic acid groups (broad SMARTS) is 1. The first kappa shape index (κ1) is 24.6. The molecule has 2 amide bonds. The van der Waals surface area contributed by atoms with Crippen LogP contribution < -0.4 is 4.90 Å². The monoisotopic (exact) mass is 481 g/mol. The molecule has 2 bridgehead atoms. The molecule has 0 unspecified atom stereocenters. The molecule has 192 valence electrons. The molecule has 6 atom stereocenters. The minimum Gasteiger partial charge on any atom is -0.481 e. The first-order valence-corrected chi connectivity index (χ1v) is 14.2.